The Morgan fingerprint density at radius 3 is 2.25 bits per heavy atom. The van der Waals surface area contributed by atoms with E-state index in [-0.39, 0.29) is 0 Å². The Morgan fingerprint density at radius 1 is 1.04 bits per heavy atom. The summed E-state index contributed by atoms with van der Waals surface area (Å²) in [6, 6.07) is 8.95. The van der Waals surface area contributed by atoms with Crippen molar-refractivity contribution in [1.82, 2.24) is 10.8 Å². The summed E-state index contributed by atoms with van der Waals surface area (Å²) in [6.07, 6.45) is 10.3. The standard InChI is InChI=1S/C20H26N2O2/c23-19(22-24)6-5-13-1-3-14(4-2-13)12-21-20-17-8-15-7-16(10-17)11-18(20)9-15/h1-6,15-18,20-21,24H,7-12H2,(H,22,23)/b6-5+. The molecule has 1 aromatic rings. The van der Waals surface area contributed by atoms with Crippen molar-refractivity contribution in [3.63, 3.8) is 0 Å². The van der Waals surface area contributed by atoms with Crippen LogP contribution >= 0.6 is 0 Å². The number of benzene rings is 1. The van der Waals surface area contributed by atoms with E-state index in [0.29, 0.717) is 6.04 Å². The molecule has 128 valence electrons. The van der Waals surface area contributed by atoms with Gasteiger partial charge in [-0.05, 0) is 73.0 Å². The van der Waals surface area contributed by atoms with E-state index in [9.17, 15) is 4.79 Å². The number of hydrogen-bond donors (Lipinski definition) is 3. The van der Waals surface area contributed by atoms with Gasteiger partial charge in [0.2, 0.25) is 0 Å². The van der Waals surface area contributed by atoms with E-state index in [1.165, 1.54) is 43.7 Å². The Bertz CT molecular complexity index is 595. The molecular weight excluding hydrogens is 300 g/mol. The van der Waals surface area contributed by atoms with Crippen LogP contribution in [0.5, 0.6) is 0 Å². The number of carbonyl (C=O) groups is 1. The molecule has 0 atom stereocenters. The van der Waals surface area contributed by atoms with Gasteiger partial charge in [0.25, 0.3) is 5.91 Å². The molecule has 4 aliphatic rings. The Kier molecular flexibility index (Phi) is 4.42. The molecule has 4 saturated carbocycles. The van der Waals surface area contributed by atoms with Gasteiger partial charge in [0, 0.05) is 18.7 Å². The lowest BCUT2D eigenvalue weighted by atomic mass is 9.54. The van der Waals surface area contributed by atoms with Crippen LogP contribution in [0.15, 0.2) is 30.3 Å². The van der Waals surface area contributed by atoms with Crippen molar-refractivity contribution in [3.8, 4) is 0 Å². The maximum absolute atomic E-state index is 11.0. The second kappa shape index (κ2) is 6.69. The normalized spacial score (nSPS) is 34.0. The van der Waals surface area contributed by atoms with Crippen molar-refractivity contribution in [2.75, 3.05) is 0 Å². The second-order valence-corrected chi connectivity index (χ2v) is 7.89. The van der Waals surface area contributed by atoms with Gasteiger partial charge in [0.15, 0.2) is 0 Å². The third kappa shape index (κ3) is 3.26. The zero-order valence-corrected chi connectivity index (χ0v) is 13.9. The van der Waals surface area contributed by atoms with Gasteiger partial charge < -0.3 is 5.32 Å². The lowest BCUT2D eigenvalue weighted by Crippen LogP contribution is -2.54. The summed E-state index contributed by atoms with van der Waals surface area (Å²) >= 11 is 0. The maximum atomic E-state index is 11.0. The van der Waals surface area contributed by atoms with Crippen molar-refractivity contribution in [3.05, 3.63) is 41.5 Å². The number of hydrogen-bond acceptors (Lipinski definition) is 3. The van der Waals surface area contributed by atoms with E-state index in [2.05, 4.69) is 17.4 Å². The molecule has 3 N–H and O–H groups in total. The zero-order valence-electron chi connectivity index (χ0n) is 13.9. The smallest absolute Gasteiger partial charge is 0.267 e. The topological polar surface area (TPSA) is 61.4 Å². The highest BCUT2D eigenvalue weighted by Gasteiger charge is 2.47. The third-order valence-corrected chi connectivity index (χ3v) is 6.29. The van der Waals surface area contributed by atoms with Gasteiger partial charge in [-0.15, -0.1) is 0 Å². The molecule has 4 heteroatoms. The molecule has 5 rings (SSSR count). The largest absolute Gasteiger partial charge is 0.309 e. The maximum Gasteiger partial charge on any atom is 0.267 e. The zero-order chi connectivity index (χ0) is 16.5. The predicted octanol–water partition coefficient (Wildman–Crippen LogP) is 3.12. The molecule has 0 aliphatic heterocycles. The quantitative estimate of drug-likeness (QED) is 0.443. The van der Waals surface area contributed by atoms with Gasteiger partial charge in [-0.3, -0.25) is 10.0 Å². The molecule has 0 spiro atoms. The van der Waals surface area contributed by atoms with Crippen molar-refractivity contribution >= 4 is 12.0 Å². The van der Waals surface area contributed by atoms with E-state index in [1.54, 1.807) is 11.6 Å². The molecule has 4 bridgehead atoms. The summed E-state index contributed by atoms with van der Waals surface area (Å²) in [7, 11) is 0. The summed E-state index contributed by atoms with van der Waals surface area (Å²) in [5.41, 5.74) is 3.83. The molecule has 24 heavy (non-hydrogen) atoms. The van der Waals surface area contributed by atoms with Crippen LogP contribution in [0.2, 0.25) is 0 Å². The first-order valence-corrected chi connectivity index (χ1v) is 9.15. The van der Waals surface area contributed by atoms with Gasteiger partial charge in [0.1, 0.15) is 0 Å². The second-order valence-electron chi connectivity index (χ2n) is 7.89. The van der Waals surface area contributed by atoms with Gasteiger partial charge in [-0.2, -0.15) is 0 Å². The molecule has 4 fully saturated rings. The van der Waals surface area contributed by atoms with Crippen LogP contribution < -0.4 is 10.8 Å². The summed E-state index contributed by atoms with van der Waals surface area (Å²) in [5.74, 6) is 3.34. The van der Waals surface area contributed by atoms with Gasteiger partial charge in [-0.25, -0.2) is 5.48 Å². The van der Waals surface area contributed by atoms with Gasteiger partial charge in [-0.1, -0.05) is 24.3 Å². The molecule has 1 amide bonds. The summed E-state index contributed by atoms with van der Waals surface area (Å²) in [4.78, 5) is 11.0. The van der Waals surface area contributed by atoms with Crippen molar-refractivity contribution < 1.29 is 10.0 Å². The lowest BCUT2D eigenvalue weighted by Gasteiger charge is -2.54. The van der Waals surface area contributed by atoms with Crippen LogP contribution in [0.4, 0.5) is 0 Å². The summed E-state index contributed by atoms with van der Waals surface area (Å²) in [6.45, 7) is 0.925. The van der Waals surface area contributed by atoms with Gasteiger partial charge in [0.05, 0.1) is 0 Å². The van der Waals surface area contributed by atoms with Crippen LogP contribution in [-0.2, 0) is 11.3 Å². The summed E-state index contributed by atoms with van der Waals surface area (Å²) in [5, 5.41) is 12.3. The van der Waals surface area contributed by atoms with Gasteiger partial charge >= 0.3 is 0 Å². The monoisotopic (exact) mass is 326 g/mol. The minimum Gasteiger partial charge on any atom is -0.309 e. The molecule has 0 unspecified atom stereocenters. The molecule has 4 nitrogen and oxygen atoms in total. The number of nitrogens with one attached hydrogen (secondary N) is 2. The fourth-order valence-electron chi connectivity index (χ4n) is 5.45. The number of carbonyl (C=O) groups excluding carboxylic acids is 1. The minimum atomic E-state index is -0.511. The van der Waals surface area contributed by atoms with Crippen LogP contribution in [0, 0.1) is 23.7 Å². The highest BCUT2D eigenvalue weighted by molar-refractivity contribution is 5.90. The van der Waals surface area contributed by atoms with Crippen molar-refractivity contribution in [2.24, 2.45) is 23.7 Å². The first-order chi connectivity index (χ1) is 11.7. The molecule has 4 aliphatic carbocycles. The fourth-order valence-corrected chi connectivity index (χ4v) is 5.45. The molecular formula is C20H26N2O2. The first kappa shape index (κ1) is 15.9. The predicted molar refractivity (Wildman–Crippen MR) is 93.1 cm³/mol. The van der Waals surface area contributed by atoms with E-state index in [0.717, 1.165) is 35.8 Å². The number of rotatable bonds is 5. The molecule has 1 aromatic carbocycles. The first-order valence-electron chi connectivity index (χ1n) is 9.15. The van der Waals surface area contributed by atoms with Crippen molar-refractivity contribution in [1.29, 1.82) is 0 Å². The minimum absolute atomic E-state index is 0.511. The van der Waals surface area contributed by atoms with Crippen LogP contribution in [0.3, 0.4) is 0 Å². The Labute approximate surface area is 143 Å². The fraction of sp³-hybridized carbons (Fsp3) is 0.550. The Morgan fingerprint density at radius 2 is 1.67 bits per heavy atom. The van der Waals surface area contributed by atoms with Crippen LogP contribution in [0.1, 0.15) is 43.2 Å². The Hall–Kier alpha value is -1.65. The Balaban J connectivity index is 1.33. The molecule has 0 aromatic heterocycles. The number of hydroxylamine groups is 1. The van der Waals surface area contributed by atoms with E-state index < -0.39 is 5.91 Å². The SMILES string of the molecule is O=C(/C=C/c1ccc(CNC2C3CC4CC(C3)CC2C4)cc1)NO. The lowest BCUT2D eigenvalue weighted by molar-refractivity contribution is -0.124. The number of amides is 1. The van der Waals surface area contributed by atoms with E-state index >= 15 is 0 Å². The highest BCUT2D eigenvalue weighted by Crippen LogP contribution is 2.53. The molecule has 0 heterocycles. The highest BCUT2D eigenvalue weighted by atomic mass is 16.5. The molecule has 0 saturated heterocycles. The van der Waals surface area contributed by atoms with E-state index in [1.807, 2.05) is 12.1 Å². The average Bonchev–Trinajstić information content (AvgIpc) is 2.59. The molecule has 0 radical (unpaired) electrons. The third-order valence-electron chi connectivity index (χ3n) is 6.29. The summed E-state index contributed by atoms with van der Waals surface area (Å²) < 4.78 is 0. The van der Waals surface area contributed by atoms with Crippen LogP contribution in [0.25, 0.3) is 6.08 Å². The van der Waals surface area contributed by atoms with E-state index in [4.69, 9.17) is 5.21 Å². The van der Waals surface area contributed by atoms with Crippen LogP contribution in [-0.4, -0.2) is 17.2 Å². The van der Waals surface area contributed by atoms with Crippen molar-refractivity contribution in [2.45, 2.75) is 44.7 Å². The average molecular weight is 326 g/mol.